The van der Waals surface area contributed by atoms with Crippen LogP contribution in [0.25, 0.3) is 0 Å². The van der Waals surface area contributed by atoms with Gasteiger partial charge in [-0.1, -0.05) is 13.8 Å². The molecule has 0 bridgehead atoms. The highest BCUT2D eigenvalue weighted by atomic mass is 19.1. The van der Waals surface area contributed by atoms with Crippen LogP contribution < -0.4 is 5.73 Å². The molecule has 1 aromatic carbocycles. The molecule has 1 aliphatic carbocycles. The molecule has 0 heterocycles. The first-order chi connectivity index (χ1) is 9.89. The fourth-order valence-electron chi connectivity index (χ4n) is 3.52. The average molecular weight is 297 g/mol. The van der Waals surface area contributed by atoms with Gasteiger partial charge in [0.15, 0.2) is 0 Å². The summed E-state index contributed by atoms with van der Waals surface area (Å²) in [5, 5.41) is 10.6. The second-order valence-corrected chi connectivity index (χ2v) is 6.72. The summed E-state index contributed by atoms with van der Waals surface area (Å²) in [6.07, 6.45) is 2.41. The summed E-state index contributed by atoms with van der Waals surface area (Å²) in [7, 11) is 0. The molecule has 2 rings (SSSR count). The molecular formula is C17H25F2NO. The third-order valence-corrected chi connectivity index (χ3v) is 5.21. The van der Waals surface area contributed by atoms with Crippen LogP contribution in [0.4, 0.5) is 8.78 Å². The standard InChI is InChI=1S/C17H25F2NO/c1-11(2)12-5-7-17(10-20,8-6-12)16(21)14-9-13(18)3-4-15(14)19/h3-4,9,11-12,16,21H,5-8,10,20H2,1-2H3. The van der Waals surface area contributed by atoms with Gasteiger partial charge in [-0.05, 0) is 55.7 Å². The van der Waals surface area contributed by atoms with Crippen molar-refractivity contribution in [2.24, 2.45) is 23.0 Å². The van der Waals surface area contributed by atoms with Gasteiger partial charge in [-0.3, -0.25) is 0 Å². The van der Waals surface area contributed by atoms with E-state index in [2.05, 4.69) is 13.8 Å². The summed E-state index contributed by atoms with van der Waals surface area (Å²) in [4.78, 5) is 0. The van der Waals surface area contributed by atoms with Gasteiger partial charge < -0.3 is 10.8 Å². The maximum absolute atomic E-state index is 13.9. The van der Waals surface area contributed by atoms with Gasteiger partial charge in [0, 0.05) is 17.5 Å². The molecule has 118 valence electrons. The first-order valence-corrected chi connectivity index (χ1v) is 7.72. The minimum absolute atomic E-state index is 0.0310. The zero-order chi connectivity index (χ0) is 15.6. The Hall–Kier alpha value is -1.00. The SMILES string of the molecule is CC(C)C1CCC(CN)(C(O)c2cc(F)ccc2F)CC1. The Morgan fingerprint density at radius 2 is 1.90 bits per heavy atom. The lowest BCUT2D eigenvalue weighted by Crippen LogP contribution is -2.41. The van der Waals surface area contributed by atoms with E-state index in [0.717, 1.165) is 43.9 Å². The van der Waals surface area contributed by atoms with Crippen molar-refractivity contribution in [2.45, 2.75) is 45.6 Å². The Kier molecular flexibility index (Phi) is 4.99. The van der Waals surface area contributed by atoms with Crippen molar-refractivity contribution >= 4 is 0 Å². The monoisotopic (exact) mass is 297 g/mol. The molecule has 1 fully saturated rings. The van der Waals surface area contributed by atoms with Crippen molar-refractivity contribution in [2.75, 3.05) is 6.54 Å². The molecule has 2 nitrogen and oxygen atoms in total. The van der Waals surface area contributed by atoms with Crippen LogP contribution in [0.1, 0.15) is 51.2 Å². The molecule has 1 aromatic rings. The highest BCUT2D eigenvalue weighted by molar-refractivity contribution is 5.23. The van der Waals surface area contributed by atoms with Gasteiger partial charge >= 0.3 is 0 Å². The summed E-state index contributed by atoms with van der Waals surface area (Å²) in [5.74, 6) is 0.120. The van der Waals surface area contributed by atoms with Crippen molar-refractivity contribution in [3.8, 4) is 0 Å². The summed E-state index contributed by atoms with van der Waals surface area (Å²) < 4.78 is 27.3. The molecule has 0 aromatic heterocycles. The molecule has 1 unspecified atom stereocenters. The molecule has 0 aliphatic heterocycles. The van der Waals surface area contributed by atoms with Crippen LogP contribution >= 0.6 is 0 Å². The number of hydrogen-bond donors (Lipinski definition) is 2. The number of benzene rings is 1. The Labute approximate surface area is 125 Å². The summed E-state index contributed by atoms with van der Waals surface area (Å²) in [5.41, 5.74) is 5.40. The number of halogens is 2. The molecule has 0 radical (unpaired) electrons. The molecule has 0 saturated heterocycles. The molecule has 1 aliphatic rings. The van der Waals surface area contributed by atoms with Crippen LogP contribution in [-0.2, 0) is 0 Å². The molecule has 0 spiro atoms. The van der Waals surface area contributed by atoms with Crippen LogP contribution in [0.15, 0.2) is 18.2 Å². The van der Waals surface area contributed by atoms with Gasteiger partial charge in [0.1, 0.15) is 11.6 Å². The van der Waals surface area contributed by atoms with E-state index in [0.29, 0.717) is 11.8 Å². The van der Waals surface area contributed by atoms with Gasteiger partial charge in [0.25, 0.3) is 0 Å². The number of aliphatic hydroxyl groups is 1. The van der Waals surface area contributed by atoms with Gasteiger partial charge in [-0.25, -0.2) is 8.78 Å². The first kappa shape index (κ1) is 16.4. The van der Waals surface area contributed by atoms with E-state index in [4.69, 9.17) is 5.73 Å². The number of rotatable bonds is 4. The van der Waals surface area contributed by atoms with Crippen LogP contribution in [-0.4, -0.2) is 11.7 Å². The Morgan fingerprint density at radius 3 is 2.43 bits per heavy atom. The smallest absolute Gasteiger partial charge is 0.129 e. The van der Waals surface area contributed by atoms with Crippen molar-refractivity contribution < 1.29 is 13.9 Å². The van der Waals surface area contributed by atoms with E-state index in [1.807, 2.05) is 0 Å². The quantitative estimate of drug-likeness (QED) is 0.888. The number of hydrogen-bond acceptors (Lipinski definition) is 2. The maximum atomic E-state index is 13.9. The topological polar surface area (TPSA) is 46.2 Å². The lowest BCUT2D eigenvalue weighted by molar-refractivity contribution is -0.0169. The molecule has 1 atom stereocenters. The van der Waals surface area contributed by atoms with E-state index in [-0.39, 0.29) is 12.1 Å². The zero-order valence-electron chi connectivity index (χ0n) is 12.8. The highest BCUT2D eigenvalue weighted by Gasteiger charge is 2.42. The molecule has 0 amide bonds. The minimum atomic E-state index is -1.05. The second kappa shape index (κ2) is 6.41. The minimum Gasteiger partial charge on any atom is -0.388 e. The Bertz CT molecular complexity index is 482. The predicted molar refractivity (Wildman–Crippen MR) is 79.6 cm³/mol. The third kappa shape index (κ3) is 3.27. The first-order valence-electron chi connectivity index (χ1n) is 7.72. The Balaban J connectivity index is 2.23. The van der Waals surface area contributed by atoms with Crippen molar-refractivity contribution in [1.82, 2.24) is 0 Å². The fraction of sp³-hybridized carbons (Fsp3) is 0.647. The maximum Gasteiger partial charge on any atom is 0.129 e. The van der Waals surface area contributed by atoms with Crippen LogP contribution in [0.3, 0.4) is 0 Å². The van der Waals surface area contributed by atoms with Gasteiger partial charge in [-0.15, -0.1) is 0 Å². The second-order valence-electron chi connectivity index (χ2n) is 6.72. The zero-order valence-corrected chi connectivity index (χ0v) is 12.8. The van der Waals surface area contributed by atoms with Crippen LogP contribution in [0.5, 0.6) is 0 Å². The van der Waals surface area contributed by atoms with Crippen LogP contribution in [0.2, 0.25) is 0 Å². The van der Waals surface area contributed by atoms with Gasteiger partial charge in [-0.2, -0.15) is 0 Å². The summed E-state index contributed by atoms with van der Waals surface area (Å²) in [6, 6.07) is 3.22. The largest absolute Gasteiger partial charge is 0.388 e. The fourth-order valence-corrected chi connectivity index (χ4v) is 3.52. The highest BCUT2D eigenvalue weighted by Crippen LogP contribution is 2.48. The van der Waals surface area contributed by atoms with E-state index in [1.54, 1.807) is 0 Å². The molecule has 4 heteroatoms. The van der Waals surface area contributed by atoms with Gasteiger partial charge in [0.2, 0.25) is 0 Å². The molecule has 3 N–H and O–H groups in total. The molecular weight excluding hydrogens is 272 g/mol. The normalized spacial score (nSPS) is 27.9. The van der Waals surface area contributed by atoms with Crippen molar-refractivity contribution in [3.05, 3.63) is 35.4 Å². The average Bonchev–Trinajstić information content (AvgIpc) is 2.49. The third-order valence-electron chi connectivity index (χ3n) is 5.21. The summed E-state index contributed by atoms with van der Waals surface area (Å²) in [6.45, 7) is 4.68. The molecule has 21 heavy (non-hydrogen) atoms. The summed E-state index contributed by atoms with van der Waals surface area (Å²) >= 11 is 0. The number of nitrogens with two attached hydrogens (primary N) is 1. The van der Waals surface area contributed by atoms with E-state index in [9.17, 15) is 13.9 Å². The van der Waals surface area contributed by atoms with Crippen molar-refractivity contribution in [1.29, 1.82) is 0 Å². The van der Waals surface area contributed by atoms with E-state index < -0.39 is 23.2 Å². The number of aliphatic hydroxyl groups excluding tert-OH is 1. The Morgan fingerprint density at radius 1 is 1.29 bits per heavy atom. The van der Waals surface area contributed by atoms with Gasteiger partial charge in [0.05, 0.1) is 6.10 Å². The van der Waals surface area contributed by atoms with E-state index >= 15 is 0 Å². The molecule has 1 saturated carbocycles. The predicted octanol–water partition coefficient (Wildman–Crippen LogP) is 3.79. The van der Waals surface area contributed by atoms with Crippen LogP contribution in [0, 0.1) is 28.9 Å². The van der Waals surface area contributed by atoms with Crippen molar-refractivity contribution in [3.63, 3.8) is 0 Å². The lowest BCUT2D eigenvalue weighted by Gasteiger charge is -2.44. The van der Waals surface area contributed by atoms with E-state index in [1.165, 1.54) is 0 Å². The lowest BCUT2D eigenvalue weighted by atomic mass is 9.64.